The minimum absolute atomic E-state index is 0.113. The molecule has 2 N–H and O–H groups in total. The van der Waals surface area contributed by atoms with Crippen LogP contribution in [0.2, 0.25) is 0 Å². The number of benzene rings is 1. The highest BCUT2D eigenvalue weighted by Crippen LogP contribution is 2.18. The molecule has 110 valence electrons. The Hall–Kier alpha value is -2.36. The number of nitrogens with one attached hydrogen (secondary N) is 2. The second-order valence-corrected chi connectivity index (χ2v) is 5.46. The van der Waals surface area contributed by atoms with Crippen molar-refractivity contribution in [3.8, 4) is 0 Å². The average Bonchev–Trinajstić information content (AvgIpc) is 2.47. The third kappa shape index (κ3) is 3.81. The molecule has 0 bridgehead atoms. The van der Waals surface area contributed by atoms with Gasteiger partial charge in [-0.2, -0.15) is 0 Å². The van der Waals surface area contributed by atoms with E-state index in [-0.39, 0.29) is 17.5 Å². The number of rotatable bonds is 4. The lowest BCUT2D eigenvalue weighted by molar-refractivity contribution is 0.0939. The monoisotopic (exact) mass is 284 g/mol. The smallest absolute Gasteiger partial charge is 0.252 e. The first-order valence-corrected chi connectivity index (χ1v) is 7.07. The highest BCUT2D eigenvalue weighted by molar-refractivity contribution is 5.94. The molecule has 0 saturated carbocycles. The summed E-state index contributed by atoms with van der Waals surface area (Å²) in [5.41, 5.74) is 2.39. The summed E-state index contributed by atoms with van der Waals surface area (Å²) in [6.07, 6.45) is 1.47. The lowest BCUT2D eigenvalue weighted by atomic mass is 9.99. The molecule has 1 amide bonds. The van der Waals surface area contributed by atoms with Gasteiger partial charge in [-0.3, -0.25) is 9.59 Å². The number of carbonyl (C=O) groups excluding carboxylic acids is 1. The molecule has 4 heteroatoms. The van der Waals surface area contributed by atoms with Crippen LogP contribution in [0.3, 0.4) is 0 Å². The second kappa shape index (κ2) is 6.39. The number of hydrogen-bond donors (Lipinski definition) is 2. The first-order chi connectivity index (χ1) is 9.97. The van der Waals surface area contributed by atoms with Gasteiger partial charge in [0.05, 0.1) is 6.04 Å². The molecule has 1 heterocycles. The number of amides is 1. The fourth-order valence-corrected chi connectivity index (χ4v) is 2.12. The number of aromatic amines is 1. The van der Waals surface area contributed by atoms with Crippen LogP contribution in [0.1, 0.15) is 54.2 Å². The summed E-state index contributed by atoms with van der Waals surface area (Å²) in [7, 11) is 0. The molecule has 4 nitrogen and oxygen atoms in total. The van der Waals surface area contributed by atoms with Crippen molar-refractivity contribution in [1.29, 1.82) is 0 Å². The highest BCUT2D eigenvalue weighted by atomic mass is 16.2. The average molecular weight is 284 g/mol. The Bertz CT molecular complexity index is 672. The van der Waals surface area contributed by atoms with Gasteiger partial charge in [0.2, 0.25) is 5.56 Å². The quantitative estimate of drug-likeness (QED) is 0.906. The maximum Gasteiger partial charge on any atom is 0.252 e. The molecule has 1 aromatic heterocycles. The third-order valence-corrected chi connectivity index (χ3v) is 3.49. The summed E-state index contributed by atoms with van der Waals surface area (Å²) in [6, 6.07) is 11.0. The van der Waals surface area contributed by atoms with E-state index in [2.05, 4.69) is 36.3 Å². The molecule has 1 atom stereocenters. The van der Waals surface area contributed by atoms with Crippen molar-refractivity contribution < 1.29 is 4.79 Å². The van der Waals surface area contributed by atoms with E-state index in [9.17, 15) is 9.59 Å². The van der Waals surface area contributed by atoms with Gasteiger partial charge < -0.3 is 10.3 Å². The van der Waals surface area contributed by atoms with Crippen LogP contribution in [0, 0.1) is 0 Å². The van der Waals surface area contributed by atoms with Crippen LogP contribution in [-0.2, 0) is 0 Å². The predicted molar refractivity (Wildman–Crippen MR) is 83.5 cm³/mol. The Morgan fingerprint density at radius 2 is 1.67 bits per heavy atom. The normalized spacial score (nSPS) is 12.2. The van der Waals surface area contributed by atoms with Crippen LogP contribution in [0.15, 0.2) is 47.4 Å². The predicted octanol–water partition coefficient (Wildman–Crippen LogP) is 2.99. The molecule has 2 rings (SSSR count). The number of aromatic nitrogens is 1. The van der Waals surface area contributed by atoms with Crippen molar-refractivity contribution in [1.82, 2.24) is 10.3 Å². The molecule has 0 fully saturated rings. The maximum atomic E-state index is 12.1. The molecule has 1 aromatic carbocycles. The summed E-state index contributed by atoms with van der Waals surface area (Å²) in [5, 5.41) is 2.90. The molecule has 0 aliphatic carbocycles. The molecule has 0 aliphatic rings. The van der Waals surface area contributed by atoms with Crippen LogP contribution in [0.25, 0.3) is 0 Å². The van der Waals surface area contributed by atoms with E-state index in [0.29, 0.717) is 11.5 Å². The number of H-pyrrole nitrogens is 1. The maximum absolute atomic E-state index is 12.1. The van der Waals surface area contributed by atoms with E-state index in [1.54, 1.807) is 6.07 Å². The van der Waals surface area contributed by atoms with E-state index in [4.69, 9.17) is 0 Å². The number of pyridine rings is 1. The SMILES string of the molecule is CC(C)c1ccc(C(C)NC(=O)c2cc[nH]c(=O)c2)cc1. The van der Waals surface area contributed by atoms with Crippen molar-refractivity contribution in [3.05, 3.63) is 69.6 Å². The van der Waals surface area contributed by atoms with Gasteiger partial charge >= 0.3 is 0 Å². The fraction of sp³-hybridized carbons (Fsp3) is 0.294. The molecule has 2 aromatic rings. The molecule has 1 unspecified atom stereocenters. The summed E-state index contributed by atoms with van der Waals surface area (Å²) in [5.74, 6) is 0.238. The topological polar surface area (TPSA) is 62.0 Å². The first-order valence-electron chi connectivity index (χ1n) is 7.07. The van der Waals surface area contributed by atoms with E-state index >= 15 is 0 Å². The second-order valence-electron chi connectivity index (χ2n) is 5.46. The van der Waals surface area contributed by atoms with Gasteiger partial charge in [-0.05, 0) is 30.0 Å². The van der Waals surface area contributed by atoms with Gasteiger partial charge in [-0.1, -0.05) is 38.1 Å². The van der Waals surface area contributed by atoms with Crippen molar-refractivity contribution >= 4 is 5.91 Å². The van der Waals surface area contributed by atoms with Crippen molar-refractivity contribution in [3.63, 3.8) is 0 Å². The Morgan fingerprint density at radius 1 is 1.05 bits per heavy atom. The molecule has 0 radical (unpaired) electrons. The van der Waals surface area contributed by atoms with Gasteiger partial charge in [0.25, 0.3) is 5.91 Å². The summed E-state index contributed by atoms with van der Waals surface area (Å²) < 4.78 is 0. The molecular formula is C17H20N2O2. The minimum atomic E-state index is -0.281. The van der Waals surface area contributed by atoms with Gasteiger partial charge in [0.15, 0.2) is 0 Å². The number of hydrogen-bond acceptors (Lipinski definition) is 2. The molecule has 0 saturated heterocycles. The lowest BCUT2D eigenvalue weighted by Gasteiger charge is -2.15. The van der Waals surface area contributed by atoms with Crippen LogP contribution < -0.4 is 10.9 Å². The van der Waals surface area contributed by atoms with Crippen molar-refractivity contribution in [2.75, 3.05) is 0 Å². The van der Waals surface area contributed by atoms with Crippen molar-refractivity contribution in [2.45, 2.75) is 32.7 Å². The minimum Gasteiger partial charge on any atom is -0.346 e. The van der Waals surface area contributed by atoms with E-state index in [1.807, 2.05) is 19.1 Å². The van der Waals surface area contributed by atoms with Gasteiger partial charge in [0, 0.05) is 17.8 Å². The first kappa shape index (κ1) is 15.0. The van der Waals surface area contributed by atoms with E-state index < -0.39 is 0 Å². The summed E-state index contributed by atoms with van der Waals surface area (Å²) >= 11 is 0. The summed E-state index contributed by atoms with van der Waals surface area (Å²) in [6.45, 7) is 6.22. The zero-order valence-electron chi connectivity index (χ0n) is 12.5. The number of carbonyl (C=O) groups is 1. The molecular weight excluding hydrogens is 264 g/mol. The Kier molecular flexibility index (Phi) is 4.58. The van der Waals surface area contributed by atoms with Crippen molar-refractivity contribution in [2.24, 2.45) is 0 Å². The van der Waals surface area contributed by atoms with Gasteiger partial charge in [-0.25, -0.2) is 0 Å². The molecule has 0 aliphatic heterocycles. The van der Waals surface area contributed by atoms with Crippen LogP contribution >= 0.6 is 0 Å². The zero-order chi connectivity index (χ0) is 15.4. The fourth-order valence-electron chi connectivity index (χ4n) is 2.12. The summed E-state index contributed by atoms with van der Waals surface area (Å²) in [4.78, 5) is 25.8. The molecule has 21 heavy (non-hydrogen) atoms. The van der Waals surface area contributed by atoms with Crippen LogP contribution in [0.4, 0.5) is 0 Å². The van der Waals surface area contributed by atoms with Crippen LogP contribution in [0.5, 0.6) is 0 Å². The molecule has 0 spiro atoms. The Balaban J connectivity index is 2.08. The van der Waals surface area contributed by atoms with E-state index in [0.717, 1.165) is 5.56 Å². The van der Waals surface area contributed by atoms with Gasteiger partial charge in [0.1, 0.15) is 0 Å². The third-order valence-electron chi connectivity index (χ3n) is 3.49. The highest BCUT2D eigenvalue weighted by Gasteiger charge is 2.12. The zero-order valence-corrected chi connectivity index (χ0v) is 12.5. The Morgan fingerprint density at radius 3 is 2.24 bits per heavy atom. The largest absolute Gasteiger partial charge is 0.346 e. The lowest BCUT2D eigenvalue weighted by Crippen LogP contribution is -2.27. The van der Waals surface area contributed by atoms with Crippen LogP contribution in [-0.4, -0.2) is 10.9 Å². The van der Waals surface area contributed by atoms with E-state index in [1.165, 1.54) is 17.8 Å². The Labute approximate surface area is 124 Å². The standard InChI is InChI=1S/C17H20N2O2/c1-11(2)13-4-6-14(7-5-13)12(3)19-17(21)15-8-9-18-16(20)10-15/h4-12H,1-3H3,(H,18,20)(H,19,21). The van der Waals surface area contributed by atoms with Gasteiger partial charge in [-0.15, -0.1) is 0 Å².